The Kier molecular flexibility index (Phi) is 4.13. The molecule has 1 N–H and O–H groups in total. The molecule has 4 heteroatoms. The third-order valence-electron chi connectivity index (χ3n) is 5.43. The van der Waals surface area contributed by atoms with E-state index in [2.05, 4.69) is 0 Å². The summed E-state index contributed by atoms with van der Waals surface area (Å²) < 4.78 is 5.23. The van der Waals surface area contributed by atoms with E-state index in [-0.39, 0.29) is 17.9 Å². The van der Waals surface area contributed by atoms with Gasteiger partial charge in [0.2, 0.25) is 5.91 Å². The van der Waals surface area contributed by atoms with Gasteiger partial charge < -0.3 is 14.7 Å². The lowest BCUT2D eigenvalue weighted by atomic mass is 9.66. The molecule has 4 nitrogen and oxygen atoms in total. The number of benzene rings is 1. The molecule has 1 aliphatic carbocycles. The largest absolute Gasteiger partial charge is 0.497 e. The van der Waals surface area contributed by atoms with Crippen molar-refractivity contribution in [1.82, 2.24) is 4.90 Å². The van der Waals surface area contributed by atoms with Crippen LogP contribution in [0.25, 0.3) is 0 Å². The quantitative estimate of drug-likeness (QED) is 0.914. The van der Waals surface area contributed by atoms with Crippen LogP contribution in [0.5, 0.6) is 5.75 Å². The molecule has 2 aliphatic rings. The molecule has 3 atom stereocenters. The molecule has 3 unspecified atom stereocenters. The van der Waals surface area contributed by atoms with Crippen LogP contribution >= 0.6 is 0 Å². The summed E-state index contributed by atoms with van der Waals surface area (Å²) in [6, 6.07) is 7.90. The number of fused-ring (bicyclic) bond motifs is 1. The van der Waals surface area contributed by atoms with Crippen LogP contribution in [0.2, 0.25) is 0 Å². The second-order valence-electron chi connectivity index (χ2n) is 6.64. The Morgan fingerprint density at radius 2 is 2.00 bits per heavy atom. The molecule has 3 rings (SSSR count). The smallest absolute Gasteiger partial charge is 0.219 e. The normalized spacial score (nSPS) is 31.5. The predicted octanol–water partition coefficient (Wildman–Crippen LogP) is 2.91. The summed E-state index contributed by atoms with van der Waals surface area (Å²) in [5, 5.41) is 11.1. The first kappa shape index (κ1) is 15.3. The van der Waals surface area contributed by atoms with Crippen LogP contribution in [-0.2, 0) is 4.79 Å². The topological polar surface area (TPSA) is 49.8 Å². The summed E-state index contributed by atoms with van der Waals surface area (Å²) >= 11 is 0. The molecule has 120 valence electrons. The van der Waals surface area contributed by atoms with Gasteiger partial charge in [0.25, 0.3) is 0 Å². The highest BCUT2D eigenvalue weighted by molar-refractivity contribution is 5.74. The van der Waals surface area contributed by atoms with Crippen molar-refractivity contribution >= 4 is 5.91 Å². The molecule has 22 heavy (non-hydrogen) atoms. The molecule has 0 aromatic heterocycles. The van der Waals surface area contributed by atoms with Gasteiger partial charge in [-0.15, -0.1) is 0 Å². The first-order valence-electron chi connectivity index (χ1n) is 8.19. The highest BCUT2D eigenvalue weighted by atomic mass is 16.5. The van der Waals surface area contributed by atoms with Crippen molar-refractivity contribution in [3.05, 3.63) is 29.8 Å². The average molecular weight is 303 g/mol. The molecular weight excluding hydrogens is 278 g/mol. The first-order chi connectivity index (χ1) is 10.5. The lowest BCUT2D eigenvalue weighted by Gasteiger charge is -2.52. The molecular formula is C18H25NO3. The van der Waals surface area contributed by atoms with Crippen LogP contribution in [0.4, 0.5) is 0 Å². The van der Waals surface area contributed by atoms with E-state index in [0.29, 0.717) is 13.0 Å². The van der Waals surface area contributed by atoms with Crippen LogP contribution < -0.4 is 4.74 Å². The van der Waals surface area contributed by atoms with Gasteiger partial charge in [-0.2, -0.15) is 0 Å². The number of likely N-dealkylation sites (tertiary alicyclic amines) is 1. The van der Waals surface area contributed by atoms with Gasteiger partial charge in [0.15, 0.2) is 0 Å². The lowest BCUT2D eigenvalue weighted by molar-refractivity contribution is -0.153. The van der Waals surface area contributed by atoms with Crippen molar-refractivity contribution in [1.29, 1.82) is 0 Å². The SMILES string of the molecule is COc1ccc(C2C3CCCCC3(O)CCN2C(C)=O)cc1. The van der Waals surface area contributed by atoms with Gasteiger partial charge in [-0.05, 0) is 37.0 Å². The molecule has 1 aromatic rings. The fourth-order valence-electron chi connectivity index (χ4n) is 4.25. The standard InChI is InChI=1S/C18H25NO3/c1-13(20)19-12-11-18(21)10-4-3-5-16(18)17(19)14-6-8-15(22-2)9-7-14/h6-9,16-17,21H,3-5,10-12H2,1-2H3. The monoisotopic (exact) mass is 303 g/mol. The van der Waals surface area contributed by atoms with E-state index in [4.69, 9.17) is 4.74 Å². The van der Waals surface area contributed by atoms with Gasteiger partial charge in [0.1, 0.15) is 5.75 Å². The summed E-state index contributed by atoms with van der Waals surface area (Å²) in [6.45, 7) is 2.27. The lowest BCUT2D eigenvalue weighted by Crippen LogP contribution is -2.55. The fourth-order valence-corrected chi connectivity index (χ4v) is 4.25. The third-order valence-corrected chi connectivity index (χ3v) is 5.43. The number of carbonyl (C=O) groups excluding carboxylic acids is 1. The number of hydrogen-bond donors (Lipinski definition) is 1. The molecule has 2 fully saturated rings. The first-order valence-corrected chi connectivity index (χ1v) is 8.19. The molecule has 1 saturated heterocycles. The number of hydrogen-bond acceptors (Lipinski definition) is 3. The Morgan fingerprint density at radius 3 is 2.64 bits per heavy atom. The average Bonchev–Trinajstić information content (AvgIpc) is 2.53. The van der Waals surface area contributed by atoms with E-state index < -0.39 is 5.60 Å². The predicted molar refractivity (Wildman–Crippen MR) is 84.6 cm³/mol. The molecule has 1 saturated carbocycles. The van der Waals surface area contributed by atoms with Crippen molar-refractivity contribution in [2.45, 2.75) is 50.7 Å². The van der Waals surface area contributed by atoms with E-state index in [9.17, 15) is 9.90 Å². The number of methoxy groups -OCH3 is 1. The van der Waals surface area contributed by atoms with E-state index in [1.807, 2.05) is 29.2 Å². The number of aliphatic hydroxyl groups is 1. The Hall–Kier alpha value is -1.55. The zero-order valence-corrected chi connectivity index (χ0v) is 13.4. The molecule has 1 heterocycles. The molecule has 1 aromatic carbocycles. The molecule has 0 bridgehead atoms. The number of nitrogens with zero attached hydrogens (tertiary/aromatic N) is 1. The number of rotatable bonds is 2. The minimum absolute atomic E-state index is 0.0255. The van der Waals surface area contributed by atoms with Gasteiger partial charge in [0.05, 0.1) is 18.8 Å². The molecule has 0 spiro atoms. The number of carbonyl (C=O) groups is 1. The van der Waals surface area contributed by atoms with Crippen LogP contribution in [-0.4, -0.2) is 35.2 Å². The van der Waals surface area contributed by atoms with E-state index in [1.165, 1.54) is 0 Å². The van der Waals surface area contributed by atoms with Gasteiger partial charge in [-0.1, -0.05) is 25.0 Å². The molecule has 0 radical (unpaired) electrons. The maximum Gasteiger partial charge on any atom is 0.219 e. The minimum Gasteiger partial charge on any atom is -0.497 e. The minimum atomic E-state index is -0.616. The maximum atomic E-state index is 12.1. The second-order valence-corrected chi connectivity index (χ2v) is 6.64. The van der Waals surface area contributed by atoms with E-state index in [1.54, 1.807) is 14.0 Å². The summed E-state index contributed by atoms with van der Waals surface area (Å²) in [4.78, 5) is 14.0. The van der Waals surface area contributed by atoms with Crippen LogP contribution in [0.15, 0.2) is 24.3 Å². The van der Waals surface area contributed by atoms with Gasteiger partial charge in [-0.3, -0.25) is 4.79 Å². The Morgan fingerprint density at radius 1 is 1.27 bits per heavy atom. The van der Waals surface area contributed by atoms with Crippen LogP contribution in [0.3, 0.4) is 0 Å². The number of ether oxygens (including phenoxy) is 1. The zero-order valence-electron chi connectivity index (χ0n) is 13.4. The Bertz CT molecular complexity index is 542. The summed E-state index contributed by atoms with van der Waals surface area (Å²) in [5.41, 5.74) is 0.482. The summed E-state index contributed by atoms with van der Waals surface area (Å²) in [5.74, 6) is 1.04. The van der Waals surface area contributed by atoms with Crippen LogP contribution in [0.1, 0.15) is 50.6 Å². The van der Waals surface area contributed by atoms with Gasteiger partial charge in [0, 0.05) is 19.4 Å². The highest BCUT2D eigenvalue weighted by Crippen LogP contribution is 2.49. The molecule has 1 amide bonds. The van der Waals surface area contributed by atoms with Crippen molar-refractivity contribution in [2.75, 3.05) is 13.7 Å². The summed E-state index contributed by atoms with van der Waals surface area (Å²) in [6.07, 6.45) is 4.75. The Balaban J connectivity index is 1.98. The van der Waals surface area contributed by atoms with Crippen LogP contribution in [0, 0.1) is 5.92 Å². The number of piperidine rings is 1. The van der Waals surface area contributed by atoms with Crippen molar-refractivity contribution in [3.8, 4) is 5.75 Å². The van der Waals surface area contributed by atoms with Gasteiger partial charge in [-0.25, -0.2) is 0 Å². The van der Waals surface area contributed by atoms with Crippen molar-refractivity contribution < 1.29 is 14.6 Å². The maximum absolute atomic E-state index is 12.1. The molecule has 1 aliphatic heterocycles. The number of amides is 1. The highest BCUT2D eigenvalue weighted by Gasteiger charge is 2.49. The second kappa shape index (κ2) is 5.92. The summed E-state index contributed by atoms with van der Waals surface area (Å²) in [7, 11) is 1.65. The van der Waals surface area contributed by atoms with Gasteiger partial charge >= 0.3 is 0 Å². The third kappa shape index (κ3) is 2.60. The zero-order chi connectivity index (χ0) is 15.7. The van der Waals surface area contributed by atoms with Crippen molar-refractivity contribution in [3.63, 3.8) is 0 Å². The van der Waals surface area contributed by atoms with E-state index >= 15 is 0 Å². The van der Waals surface area contributed by atoms with Crippen molar-refractivity contribution in [2.24, 2.45) is 5.92 Å². The van der Waals surface area contributed by atoms with E-state index in [0.717, 1.165) is 37.0 Å². The Labute approximate surface area is 132 Å². The fraction of sp³-hybridized carbons (Fsp3) is 0.611.